The Hall–Kier alpha value is -1.88. The molecule has 2 rings (SSSR count). The molecule has 112 valence electrons. The van der Waals surface area contributed by atoms with Crippen LogP contribution < -0.4 is 9.47 Å². The van der Waals surface area contributed by atoms with Crippen molar-refractivity contribution in [3.8, 4) is 11.5 Å². The number of hydrogen-bond donors (Lipinski definition) is 0. The fraction of sp³-hybridized carbons (Fsp3) is 0.375. The molecule has 2 aromatic rings. The number of rotatable bonds is 6. The Labute approximate surface area is 127 Å². The second kappa shape index (κ2) is 6.26. The van der Waals surface area contributed by atoms with Crippen LogP contribution in [0.5, 0.6) is 11.5 Å². The lowest BCUT2D eigenvalue weighted by Gasteiger charge is -2.06. The van der Waals surface area contributed by atoms with E-state index >= 15 is 0 Å². The Balaban J connectivity index is 2.34. The van der Waals surface area contributed by atoms with Gasteiger partial charge in [-0.05, 0) is 24.4 Å². The molecule has 1 atom stereocenters. The van der Waals surface area contributed by atoms with Crippen LogP contribution in [-0.2, 0) is 4.79 Å². The van der Waals surface area contributed by atoms with E-state index in [9.17, 15) is 9.59 Å². The third-order valence-electron chi connectivity index (χ3n) is 3.48. The van der Waals surface area contributed by atoms with Crippen molar-refractivity contribution >= 4 is 33.0 Å². The predicted molar refractivity (Wildman–Crippen MR) is 83.7 cm³/mol. The monoisotopic (exact) mass is 306 g/mol. The molecule has 1 aromatic heterocycles. The summed E-state index contributed by atoms with van der Waals surface area (Å²) in [5, 5.41) is 0.941. The summed E-state index contributed by atoms with van der Waals surface area (Å²) >= 11 is 1.41. The third kappa shape index (κ3) is 3.24. The van der Waals surface area contributed by atoms with E-state index in [0.29, 0.717) is 16.4 Å². The minimum atomic E-state index is -0.244. The summed E-state index contributed by atoms with van der Waals surface area (Å²) in [6.07, 6.45) is 0.246. The molecule has 0 aliphatic carbocycles. The van der Waals surface area contributed by atoms with Crippen molar-refractivity contribution in [2.24, 2.45) is 5.92 Å². The summed E-state index contributed by atoms with van der Waals surface area (Å²) in [5.41, 5.74) is 0. The summed E-state index contributed by atoms with van der Waals surface area (Å²) in [5.74, 6) is 1.07. The smallest absolute Gasteiger partial charge is 0.173 e. The van der Waals surface area contributed by atoms with E-state index < -0.39 is 0 Å². The van der Waals surface area contributed by atoms with E-state index in [1.807, 2.05) is 18.2 Å². The highest BCUT2D eigenvalue weighted by molar-refractivity contribution is 7.20. The van der Waals surface area contributed by atoms with Gasteiger partial charge in [-0.1, -0.05) is 6.92 Å². The Kier molecular flexibility index (Phi) is 4.63. The number of ketones is 2. The number of benzene rings is 1. The molecule has 0 fully saturated rings. The minimum Gasteiger partial charge on any atom is -0.493 e. The highest BCUT2D eigenvalue weighted by atomic mass is 32.1. The van der Waals surface area contributed by atoms with E-state index in [1.165, 1.54) is 18.3 Å². The van der Waals surface area contributed by atoms with Crippen LogP contribution in [-0.4, -0.2) is 25.8 Å². The second-order valence-electron chi connectivity index (χ2n) is 4.99. The minimum absolute atomic E-state index is 0.00293. The Bertz CT molecular complexity index is 646. The second-order valence-corrected chi connectivity index (χ2v) is 6.08. The molecule has 0 saturated heterocycles. The third-order valence-corrected chi connectivity index (χ3v) is 4.62. The number of thiophene rings is 1. The van der Waals surface area contributed by atoms with Crippen molar-refractivity contribution in [1.29, 1.82) is 0 Å². The van der Waals surface area contributed by atoms with Gasteiger partial charge in [0.2, 0.25) is 0 Å². The highest BCUT2D eigenvalue weighted by Crippen LogP contribution is 2.36. The van der Waals surface area contributed by atoms with Gasteiger partial charge in [0.25, 0.3) is 0 Å². The molecule has 0 spiro atoms. The van der Waals surface area contributed by atoms with Crippen LogP contribution in [0.3, 0.4) is 0 Å². The van der Waals surface area contributed by atoms with Gasteiger partial charge in [-0.2, -0.15) is 0 Å². The predicted octanol–water partition coefficient (Wildman–Crippen LogP) is 3.72. The molecule has 0 bridgehead atoms. The SMILES string of the molecule is COc1cc2cc(C(=O)CC(C)C(C)=O)sc2cc1OC. The highest BCUT2D eigenvalue weighted by Gasteiger charge is 2.18. The first-order chi connectivity index (χ1) is 9.96. The average Bonchev–Trinajstić information content (AvgIpc) is 2.88. The van der Waals surface area contributed by atoms with Crippen LogP contribution in [0.4, 0.5) is 0 Å². The molecule has 0 amide bonds. The molecule has 5 heteroatoms. The number of carbonyl (C=O) groups excluding carboxylic acids is 2. The molecule has 0 aliphatic rings. The number of hydrogen-bond acceptors (Lipinski definition) is 5. The van der Waals surface area contributed by atoms with E-state index in [4.69, 9.17) is 9.47 Å². The van der Waals surface area contributed by atoms with Crippen molar-refractivity contribution < 1.29 is 19.1 Å². The largest absolute Gasteiger partial charge is 0.493 e. The zero-order valence-electron chi connectivity index (χ0n) is 12.6. The maximum absolute atomic E-state index is 12.2. The molecule has 0 aliphatic heterocycles. The molecule has 1 unspecified atom stereocenters. The topological polar surface area (TPSA) is 52.6 Å². The van der Waals surface area contributed by atoms with Crippen molar-refractivity contribution in [3.05, 3.63) is 23.1 Å². The lowest BCUT2D eigenvalue weighted by atomic mass is 10.0. The lowest BCUT2D eigenvalue weighted by Crippen LogP contribution is -2.11. The number of Topliss-reactive ketones (excluding diaryl/α,β-unsaturated/α-hetero) is 2. The zero-order valence-corrected chi connectivity index (χ0v) is 13.4. The van der Waals surface area contributed by atoms with Crippen LogP contribution >= 0.6 is 11.3 Å². The van der Waals surface area contributed by atoms with Crippen LogP contribution in [0.2, 0.25) is 0 Å². The van der Waals surface area contributed by atoms with Crippen LogP contribution in [0.15, 0.2) is 18.2 Å². The van der Waals surface area contributed by atoms with Gasteiger partial charge in [0.1, 0.15) is 5.78 Å². The standard InChI is InChI=1S/C16H18O4S/c1-9(10(2)17)5-12(18)16-7-11-6-13(19-3)14(20-4)8-15(11)21-16/h6-9H,5H2,1-4H3. The van der Waals surface area contributed by atoms with Crippen LogP contribution in [0.1, 0.15) is 29.9 Å². The molecule has 4 nitrogen and oxygen atoms in total. The Morgan fingerprint density at radius 2 is 1.76 bits per heavy atom. The number of methoxy groups -OCH3 is 2. The van der Waals surface area contributed by atoms with Crippen molar-refractivity contribution in [1.82, 2.24) is 0 Å². The molecule has 1 heterocycles. The maximum atomic E-state index is 12.2. The Morgan fingerprint density at radius 3 is 2.33 bits per heavy atom. The summed E-state index contributed by atoms with van der Waals surface area (Å²) in [7, 11) is 3.16. The summed E-state index contributed by atoms with van der Waals surface area (Å²) < 4.78 is 11.5. The first kappa shape index (κ1) is 15.5. The molecule has 0 saturated carbocycles. The summed E-state index contributed by atoms with van der Waals surface area (Å²) in [6.45, 7) is 3.29. The lowest BCUT2D eigenvalue weighted by molar-refractivity contribution is -0.120. The quantitative estimate of drug-likeness (QED) is 0.763. The molecule has 21 heavy (non-hydrogen) atoms. The van der Waals surface area contributed by atoms with Gasteiger partial charge < -0.3 is 9.47 Å². The van der Waals surface area contributed by atoms with E-state index in [1.54, 1.807) is 21.1 Å². The fourth-order valence-corrected chi connectivity index (χ4v) is 3.05. The van der Waals surface area contributed by atoms with Gasteiger partial charge in [0, 0.05) is 23.1 Å². The molecule has 1 aromatic carbocycles. The Morgan fingerprint density at radius 1 is 1.14 bits per heavy atom. The first-order valence-electron chi connectivity index (χ1n) is 6.65. The van der Waals surface area contributed by atoms with E-state index in [2.05, 4.69) is 0 Å². The summed E-state index contributed by atoms with van der Waals surface area (Å²) in [6, 6.07) is 5.57. The molecule has 0 radical (unpaired) electrons. The van der Waals surface area contributed by atoms with Gasteiger partial charge in [0.15, 0.2) is 17.3 Å². The average molecular weight is 306 g/mol. The van der Waals surface area contributed by atoms with Crippen molar-refractivity contribution in [3.63, 3.8) is 0 Å². The molecular weight excluding hydrogens is 288 g/mol. The van der Waals surface area contributed by atoms with Crippen molar-refractivity contribution in [2.45, 2.75) is 20.3 Å². The maximum Gasteiger partial charge on any atom is 0.173 e. The van der Waals surface area contributed by atoms with Gasteiger partial charge in [-0.15, -0.1) is 11.3 Å². The first-order valence-corrected chi connectivity index (χ1v) is 7.47. The summed E-state index contributed by atoms with van der Waals surface area (Å²) in [4.78, 5) is 24.2. The fourth-order valence-electron chi connectivity index (χ4n) is 2.03. The van der Waals surface area contributed by atoms with Gasteiger partial charge in [0.05, 0.1) is 19.1 Å². The molecular formula is C16H18O4S. The van der Waals surface area contributed by atoms with Gasteiger partial charge in [-0.3, -0.25) is 9.59 Å². The molecule has 0 N–H and O–H groups in total. The number of carbonyl (C=O) groups is 2. The van der Waals surface area contributed by atoms with Crippen molar-refractivity contribution in [2.75, 3.05) is 14.2 Å². The van der Waals surface area contributed by atoms with Gasteiger partial charge in [-0.25, -0.2) is 0 Å². The van der Waals surface area contributed by atoms with E-state index in [-0.39, 0.29) is 23.9 Å². The van der Waals surface area contributed by atoms with Gasteiger partial charge >= 0.3 is 0 Å². The zero-order chi connectivity index (χ0) is 15.6. The number of ether oxygens (including phenoxy) is 2. The van der Waals surface area contributed by atoms with Crippen LogP contribution in [0.25, 0.3) is 10.1 Å². The number of fused-ring (bicyclic) bond motifs is 1. The van der Waals surface area contributed by atoms with E-state index in [0.717, 1.165) is 10.1 Å². The normalized spacial score (nSPS) is 12.2. The van der Waals surface area contributed by atoms with Crippen LogP contribution in [0, 0.1) is 5.92 Å².